The Morgan fingerprint density at radius 1 is 0.438 bits per heavy atom. The molecule has 17 unspecified atom stereocenters. The SMILES string of the molecule is CCCCCCCCC/C=C\CCCCCCCCCC(=O)NC(COC1OC(CO)C(OC2OC(CO)C(OC3OC(CO)C(O)C(O)C3O)C(O)C2O)C(O)C1O)C(O)CCCCCCCCCCCCCCCCCCC. The largest absolute Gasteiger partial charge is 0.394 e. The third-order valence-electron chi connectivity index (χ3n) is 16.3. The van der Waals surface area contributed by atoms with Crippen molar-refractivity contribution in [2.75, 3.05) is 26.4 Å². The summed E-state index contributed by atoms with van der Waals surface area (Å²) in [6.07, 6.45) is 18.5. The van der Waals surface area contributed by atoms with Gasteiger partial charge in [0.1, 0.15) is 73.2 Å². The molecule has 0 aromatic heterocycles. The van der Waals surface area contributed by atoms with Crippen molar-refractivity contribution in [2.24, 2.45) is 0 Å². The van der Waals surface area contributed by atoms with E-state index < -0.39 is 124 Å². The zero-order chi connectivity index (χ0) is 58.3. The van der Waals surface area contributed by atoms with Gasteiger partial charge in [0.2, 0.25) is 5.91 Å². The Bertz CT molecular complexity index is 1510. The van der Waals surface area contributed by atoms with Crippen molar-refractivity contribution in [2.45, 2.75) is 343 Å². The normalized spacial score (nSPS) is 30.0. The molecule has 0 aromatic rings. The van der Waals surface area contributed by atoms with Gasteiger partial charge in [-0.25, -0.2) is 0 Å². The molecule has 472 valence electrons. The van der Waals surface area contributed by atoms with Crippen LogP contribution in [0.3, 0.4) is 0 Å². The fourth-order valence-electron chi connectivity index (χ4n) is 11.1. The topological polar surface area (TPSA) is 307 Å². The molecule has 3 fully saturated rings. The monoisotopic (exact) mass is 1150 g/mol. The van der Waals surface area contributed by atoms with E-state index in [4.69, 9.17) is 28.4 Å². The molecule has 19 heteroatoms. The third-order valence-corrected chi connectivity index (χ3v) is 16.3. The van der Waals surface area contributed by atoms with Crippen molar-refractivity contribution in [3.63, 3.8) is 0 Å². The Hall–Kier alpha value is -1.47. The Balaban J connectivity index is 1.48. The summed E-state index contributed by atoms with van der Waals surface area (Å²) in [5, 5.41) is 120. The summed E-state index contributed by atoms with van der Waals surface area (Å²) in [4.78, 5) is 13.4. The highest BCUT2D eigenvalue weighted by Crippen LogP contribution is 2.33. The second kappa shape index (κ2) is 44.9. The average molecular weight is 1150 g/mol. The quantitative estimate of drug-likeness (QED) is 0.0227. The molecule has 80 heavy (non-hydrogen) atoms. The maximum absolute atomic E-state index is 13.4. The van der Waals surface area contributed by atoms with Crippen LogP contribution in [0, 0.1) is 0 Å². The van der Waals surface area contributed by atoms with Crippen LogP contribution in [0.15, 0.2) is 12.2 Å². The van der Waals surface area contributed by atoms with Crippen LogP contribution in [-0.4, -0.2) is 193 Å². The first-order valence-electron chi connectivity index (χ1n) is 31.9. The molecule has 3 rings (SSSR count). The van der Waals surface area contributed by atoms with E-state index in [0.717, 1.165) is 57.8 Å². The maximum Gasteiger partial charge on any atom is 0.220 e. The summed E-state index contributed by atoms with van der Waals surface area (Å²) in [6, 6.07) is -0.886. The van der Waals surface area contributed by atoms with Crippen molar-refractivity contribution in [1.29, 1.82) is 0 Å². The number of allylic oxidation sites excluding steroid dienone is 2. The van der Waals surface area contributed by atoms with Gasteiger partial charge in [0, 0.05) is 6.42 Å². The van der Waals surface area contributed by atoms with Crippen LogP contribution >= 0.6 is 0 Å². The summed E-state index contributed by atoms with van der Waals surface area (Å²) in [6.45, 7) is 1.80. The van der Waals surface area contributed by atoms with E-state index in [-0.39, 0.29) is 18.9 Å². The smallest absolute Gasteiger partial charge is 0.220 e. The zero-order valence-corrected chi connectivity index (χ0v) is 49.3. The molecule has 3 saturated heterocycles. The first kappa shape index (κ1) is 72.8. The summed E-state index contributed by atoms with van der Waals surface area (Å²) in [7, 11) is 0. The third kappa shape index (κ3) is 28.2. The highest BCUT2D eigenvalue weighted by atomic mass is 16.8. The lowest BCUT2D eigenvalue weighted by atomic mass is 9.96. The lowest BCUT2D eigenvalue weighted by molar-refractivity contribution is -0.379. The Labute approximate surface area is 480 Å². The van der Waals surface area contributed by atoms with Gasteiger partial charge in [0.25, 0.3) is 0 Å². The molecule has 19 nitrogen and oxygen atoms in total. The van der Waals surface area contributed by atoms with Gasteiger partial charge in [-0.15, -0.1) is 0 Å². The fraction of sp³-hybridized carbons (Fsp3) is 0.951. The van der Waals surface area contributed by atoms with Crippen molar-refractivity contribution >= 4 is 5.91 Å². The number of aliphatic hydroxyl groups is 11. The van der Waals surface area contributed by atoms with E-state index in [2.05, 4.69) is 31.3 Å². The molecule has 0 aromatic carbocycles. The molecule has 1 amide bonds. The molecule has 0 aliphatic carbocycles. The van der Waals surface area contributed by atoms with Crippen molar-refractivity contribution in [3.05, 3.63) is 12.2 Å². The zero-order valence-electron chi connectivity index (χ0n) is 49.3. The molecule has 3 aliphatic heterocycles. The van der Waals surface area contributed by atoms with Crippen molar-refractivity contribution < 1.29 is 89.4 Å². The molecule has 3 heterocycles. The fourth-order valence-corrected chi connectivity index (χ4v) is 11.1. The summed E-state index contributed by atoms with van der Waals surface area (Å²) < 4.78 is 34.3. The van der Waals surface area contributed by atoms with Gasteiger partial charge < -0.3 is 89.9 Å². The van der Waals surface area contributed by atoms with Gasteiger partial charge in [-0.1, -0.05) is 206 Å². The van der Waals surface area contributed by atoms with E-state index in [0.29, 0.717) is 12.8 Å². The molecule has 0 spiro atoms. The Kier molecular flexibility index (Phi) is 40.9. The van der Waals surface area contributed by atoms with Crippen LogP contribution in [0.1, 0.15) is 239 Å². The minimum atomic E-state index is -1.97. The predicted molar refractivity (Wildman–Crippen MR) is 305 cm³/mol. The van der Waals surface area contributed by atoms with Gasteiger partial charge in [-0.3, -0.25) is 4.79 Å². The molecule has 0 saturated carbocycles. The molecule has 0 radical (unpaired) electrons. The second-order valence-corrected chi connectivity index (χ2v) is 23.2. The van der Waals surface area contributed by atoms with E-state index >= 15 is 0 Å². The number of ether oxygens (including phenoxy) is 6. The number of nitrogens with one attached hydrogen (secondary N) is 1. The van der Waals surface area contributed by atoms with E-state index in [1.54, 1.807) is 0 Å². The van der Waals surface area contributed by atoms with Crippen LogP contribution < -0.4 is 5.32 Å². The molecule has 3 aliphatic rings. The lowest BCUT2D eigenvalue weighted by Crippen LogP contribution is -2.66. The number of carbonyl (C=O) groups is 1. The first-order valence-corrected chi connectivity index (χ1v) is 31.9. The Morgan fingerprint density at radius 3 is 1.21 bits per heavy atom. The molecule has 0 bridgehead atoms. The summed E-state index contributed by atoms with van der Waals surface area (Å²) >= 11 is 0. The second-order valence-electron chi connectivity index (χ2n) is 23.2. The number of amides is 1. The minimum absolute atomic E-state index is 0.245. The number of unbranched alkanes of at least 4 members (excludes halogenated alkanes) is 30. The van der Waals surface area contributed by atoms with Crippen molar-refractivity contribution in [3.8, 4) is 0 Å². The van der Waals surface area contributed by atoms with Crippen LogP contribution in [0.4, 0.5) is 0 Å². The highest BCUT2D eigenvalue weighted by molar-refractivity contribution is 5.76. The molecule has 17 atom stereocenters. The molecular formula is C61H115NO18. The minimum Gasteiger partial charge on any atom is -0.394 e. The van der Waals surface area contributed by atoms with Gasteiger partial charge >= 0.3 is 0 Å². The van der Waals surface area contributed by atoms with Crippen LogP contribution in [-0.2, 0) is 33.2 Å². The number of rotatable bonds is 48. The summed E-state index contributed by atoms with van der Waals surface area (Å²) in [5.41, 5.74) is 0. The first-order chi connectivity index (χ1) is 38.8. The highest BCUT2D eigenvalue weighted by Gasteiger charge is 2.53. The lowest BCUT2D eigenvalue weighted by Gasteiger charge is -2.48. The Morgan fingerprint density at radius 2 is 0.787 bits per heavy atom. The predicted octanol–water partition coefficient (Wildman–Crippen LogP) is 6.55. The van der Waals surface area contributed by atoms with Gasteiger partial charge in [0.15, 0.2) is 18.9 Å². The molecular weight excluding hydrogens is 1030 g/mol. The van der Waals surface area contributed by atoms with Crippen molar-refractivity contribution in [1.82, 2.24) is 5.32 Å². The van der Waals surface area contributed by atoms with E-state index in [9.17, 15) is 61.0 Å². The van der Waals surface area contributed by atoms with Gasteiger partial charge in [-0.2, -0.15) is 0 Å². The maximum atomic E-state index is 13.4. The molecule has 12 N–H and O–H groups in total. The van der Waals surface area contributed by atoms with Gasteiger partial charge in [-0.05, 0) is 38.5 Å². The van der Waals surface area contributed by atoms with E-state index in [1.165, 1.54) is 148 Å². The number of hydrogen-bond acceptors (Lipinski definition) is 18. The summed E-state index contributed by atoms with van der Waals surface area (Å²) in [5.74, 6) is -0.245. The number of hydrogen-bond donors (Lipinski definition) is 12. The van der Waals surface area contributed by atoms with Crippen LogP contribution in [0.2, 0.25) is 0 Å². The van der Waals surface area contributed by atoms with E-state index in [1.807, 2.05) is 0 Å². The number of carbonyl (C=O) groups excluding carboxylic acids is 1. The van der Waals surface area contributed by atoms with Crippen LogP contribution in [0.5, 0.6) is 0 Å². The standard InChI is InChI=1S/C61H115NO18/c1-3-5-7-9-11-13-15-17-19-21-23-25-27-29-31-33-35-37-39-49(67)62-44(45(66)38-36-34-32-30-28-26-24-22-20-18-16-14-12-10-8-6-4-2)43-75-59-55(73)52(70)57(47(41-64)77-59)80-61-56(74)53(71)58(48(42-65)78-61)79-60-54(72)51(69)50(68)46(40-63)76-60/h19,21,44-48,50-61,63-66,68-74H,3-18,20,22-43H2,1-2H3,(H,62,67)/b21-19-. The average Bonchev–Trinajstić information content (AvgIpc) is 3.50. The van der Waals surface area contributed by atoms with Crippen LogP contribution in [0.25, 0.3) is 0 Å². The van der Waals surface area contributed by atoms with Gasteiger partial charge in [0.05, 0.1) is 38.6 Å². The number of aliphatic hydroxyl groups excluding tert-OH is 11.